The van der Waals surface area contributed by atoms with Gasteiger partial charge in [0.15, 0.2) is 0 Å². The van der Waals surface area contributed by atoms with Crippen molar-refractivity contribution in [2.45, 2.75) is 45.3 Å². The van der Waals surface area contributed by atoms with Crippen molar-refractivity contribution in [2.24, 2.45) is 3.77 Å². The third-order valence-corrected chi connectivity index (χ3v) is 11.6. The Balaban J connectivity index is 2.19. The van der Waals surface area contributed by atoms with Crippen LogP contribution in [0.15, 0.2) is 82.0 Å². The fourth-order valence-corrected chi connectivity index (χ4v) is 9.91. The minimum atomic E-state index is -4.38. The van der Waals surface area contributed by atoms with Gasteiger partial charge < -0.3 is 4.74 Å². The van der Waals surface area contributed by atoms with E-state index in [-0.39, 0.29) is 25.4 Å². The molecule has 2 aromatic heterocycles. The zero-order chi connectivity index (χ0) is 26.7. The molecule has 0 aliphatic carbocycles. The van der Waals surface area contributed by atoms with E-state index in [4.69, 9.17) is 10.1 Å². The number of sulfonamides is 1. The van der Waals surface area contributed by atoms with Crippen LogP contribution in [0.3, 0.4) is 0 Å². The van der Waals surface area contributed by atoms with Gasteiger partial charge in [-0.05, 0) is 63.4 Å². The van der Waals surface area contributed by atoms with Gasteiger partial charge in [-0.1, -0.05) is 25.8 Å². The molecule has 14 heteroatoms. The Hall–Kier alpha value is -2.26. The Morgan fingerprint density at radius 1 is 1.17 bits per heavy atom. The summed E-state index contributed by atoms with van der Waals surface area (Å²) in [7, 11) is -8.14. The second-order valence-corrected chi connectivity index (χ2v) is 15.2. The summed E-state index contributed by atoms with van der Waals surface area (Å²) >= 11 is 5.66. The molecule has 1 amide bonds. The van der Waals surface area contributed by atoms with Crippen molar-refractivity contribution in [1.82, 2.24) is 10.3 Å². The van der Waals surface area contributed by atoms with E-state index in [1.165, 1.54) is 48.3 Å². The predicted octanol–water partition coefficient (Wildman–Crippen LogP) is 5.75. The number of hydrogen-bond donors (Lipinski definition) is 2. The standard InChI is InChI=1S/C22H23BrN4O5S4/c1-22(2,3)32-21(28)26-19(24)17-12-18(20(33-4)34-17)35(29,15-8-5-7-14(23)11-15)27-36(30,31)16-9-6-10-25-13-16/h5-13H,1-4H3,(H2,24,26,28). The molecule has 1 unspecified atom stereocenters. The second-order valence-electron chi connectivity index (χ2n) is 8.19. The average molecular weight is 632 g/mol. The van der Waals surface area contributed by atoms with Gasteiger partial charge in [-0.15, -0.1) is 23.1 Å². The van der Waals surface area contributed by atoms with Crippen molar-refractivity contribution >= 4 is 70.7 Å². The topological polar surface area (TPSA) is 139 Å². The first-order valence-electron chi connectivity index (χ1n) is 10.2. The molecule has 0 aliphatic heterocycles. The number of rotatable bonds is 6. The van der Waals surface area contributed by atoms with Crippen molar-refractivity contribution in [3.05, 3.63) is 64.2 Å². The number of nitrogens with one attached hydrogen (secondary N) is 2. The zero-order valence-corrected chi connectivity index (χ0v) is 24.5. The van der Waals surface area contributed by atoms with Crippen LogP contribution in [0.5, 0.6) is 0 Å². The molecule has 3 aromatic rings. The van der Waals surface area contributed by atoms with Crippen LogP contribution in [-0.2, 0) is 24.5 Å². The number of nitrogens with zero attached hydrogens (tertiary/aromatic N) is 2. The molecule has 0 spiro atoms. The van der Waals surface area contributed by atoms with Crippen molar-refractivity contribution in [2.75, 3.05) is 6.26 Å². The minimum Gasteiger partial charge on any atom is -0.444 e. The van der Waals surface area contributed by atoms with Gasteiger partial charge in [-0.25, -0.2) is 9.00 Å². The van der Waals surface area contributed by atoms with Crippen molar-refractivity contribution in [3.8, 4) is 0 Å². The fourth-order valence-electron chi connectivity index (χ4n) is 2.81. The zero-order valence-electron chi connectivity index (χ0n) is 19.6. The number of thioether (sulfide) groups is 1. The van der Waals surface area contributed by atoms with Crippen LogP contribution in [0.25, 0.3) is 0 Å². The lowest BCUT2D eigenvalue weighted by Crippen LogP contribution is -2.36. The molecule has 1 atom stereocenters. The SMILES string of the molecule is CSc1sc(C(=N)NC(=O)OC(C)(C)C)cc1S(=O)(=NS(=O)(=O)c1cccnc1)c1cccc(Br)c1. The molecule has 2 N–H and O–H groups in total. The van der Waals surface area contributed by atoms with Gasteiger partial charge in [-0.3, -0.25) is 15.7 Å². The highest BCUT2D eigenvalue weighted by molar-refractivity contribution is 9.10. The first-order valence-corrected chi connectivity index (χ1v) is 16.0. The maximum Gasteiger partial charge on any atom is 0.413 e. The molecule has 0 saturated heterocycles. The maximum atomic E-state index is 14.6. The molecular formula is C22H23BrN4O5S4. The highest BCUT2D eigenvalue weighted by atomic mass is 79.9. The minimum absolute atomic E-state index is 0.122. The Labute approximate surface area is 227 Å². The summed E-state index contributed by atoms with van der Waals surface area (Å²) in [5, 5.41) is 10.7. The van der Waals surface area contributed by atoms with Crippen LogP contribution < -0.4 is 5.32 Å². The highest BCUT2D eigenvalue weighted by Gasteiger charge is 2.29. The summed E-state index contributed by atoms with van der Waals surface area (Å²) in [6, 6.07) is 10.6. The van der Waals surface area contributed by atoms with Crippen LogP contribution in [0, 0.1) is 5.41 Å². The summed E-state index contributed by atoms with van der Waals surface area (Å²) in [5.74, 6) is -0.276. The summed E-state index contributed by atoms with van der Waals surface area (Å²) in [4.78, 5) is 16.3. The van der Waals surface area contributed by atoms with Gasteiger partial charge >= 0.3 is 6.09 Å². The van der Waals surface area contributed by atoms with E-state index in [2.05, 4.69) is 30.0 Å². The number of thiophene rings is 1. The van der Waals surface area contributed by atoms with E-state index in [9.17, 15) is 17.4 Å². The first kappa shape index (κ1) is 28.3. The van der Waals surface area contributed by atoms with E-state index in [1.54, 1.807) is 39.2 Å². The Morgan fingerprint density at radius 2 is 1.86 bits per heavy atom. The molecule has 0 saturated carbocycles. The van der Waals surface area contributed by atoms with Crippen LogP contribution in [-0.4, -0.2) is 41.4 Å². The molecule has 1 aromatic carbocycles. The van der Waals surface area contributed by atoms with E-state index in [0.29, 0.717) is 8.68 Å². The van der Waals surface area contributed by atoms with E-state index in [1.807, 2.05) is 0 Å². The van der Waals surface area contributed by atoms with Crippen LogP contribution >= 0.6 is 39.0 Å². The molecule has 0 bridgehead atoms. The molecule has 192 valence electrons. The van der Waals surface area contributed by atoms with Crippen molar-refractivity contribution in [3.63, 3.8) is 0 Å². The summed E-state index contributed by atoms with van der Waals surface area (Å²) in [6.07, 6.45) is 3.48. The lowest BCUT2D eigenvalue weighted by Gasteiger charge is -2.19. The molecule has 2 heterocycles. The number of carbonyl (C=O) groups is 1. The molecular weight excluding hydrogens is 608 g/mol. The third kappa shape index (κ3) is 6.73. The molecule has 0 aliphatic rings. The summed E-state index contributed by atoms with van der Waals surface area (Å²) in [6.45, 7) is 5.09. The quantitative estimate of drug-likeness (QED) is 0.201. The van der Waals surface area contributed by atoms with Crippen LogP contribution in [0.4, 0.5) is 4.79 Å². The van der Waals surface area contributed by atoms with E-state index in [0.717, 1.165) is 17.5 Å². The van der Waals surface area contributed by atoms with Gasteiger partial charge in [0.05, 0.1) is 18.9 Å². The van der Waals surface area contributed by atoms with Crippen LogP contribution in [0.2, 0.25) is 0 Å². The number of aromatic nitrogens is 1. The Bertz CT molecular complexity index is 1520. The number of halogens is 1. The number of amides is 1. The largest absolute Gasteiger partial charge is 0.444 e. The maximum absolute atomic E-state index is 14.6. The van der Waals surface area contributed by atoms with Gasteiger partial charge in [0, 0.05) is 16.9 Å². The van der Waals surface area contributed by atoms with Gasteiger partial charge in [0.2, 0.25) is 0 Å². The number of alkyl carbamates (subject to hydrolysis) is 1. The molecule has 36 heavy (non-hydrogen) atoms. The van der Waals surface area contributed by atoms with Gasteiger partial charge in [-0.2, -0.15) is 8.42 Å². The second kappa shape index (κ2) is 11.0. The first-order chi connectivity index (χ1) is 16.7. The summed E-state index contributed by atoms with van der Waals surface area (Å²) < 4.78 is 51.1. The number of carbonyl (C=O) groups excluding carboxylic acids is 1. The number of ether oxygens (including phenoxy) is 1. The fraction of sp³-hybridized carbons (Fsp3) is 0.227. The van der Waals surface area contributed by atoms with Crippen LogP contribution in [0.1, 0.15) is 25.6 Å². The lowest BCUT2D eigenvalue weighted by atomic mass is 10.2. The third-order valence-electron chi connectivity index (χ3n) is 4.27. The van der Waals surface area contributed by atoms with E-state index >= 15 is 0 Å². The number of pyridine rings is 1. The Morgan fingerprint density at radius 3 is 2.44 bits per heavy atom. The smallest absolute Gasteiger partial charge is 0.413 e. The normalized spacial score (nSPS) is 13.5. The predicted molar refractivity (Wildman–Crippen MR) is 145 cm³/mol. The molecule has 0 radical (unpaired) electrons. The average Bonchev–Trinajstić information content (AvgIpc) is 3.23. The summed E-state index contributed by atoms with van der Waals surface area (Å²) in [5.41, 5.74) is -0.760. The number of amidine groups is 1. The molecule has 0 fully saturated rings. The monoisotopic (exact) mass is 630 g/mol. The van der Waals surface area contributed by atoms with Gasteiger partial charge in [0.1, 0.15) is 26.1 Å². The number of benzene rings is 1. The Kier molecular flexibility index (Phi) is 8.66. The highest BCUT2D eigenvalue weighted by Crippen LogP contribution is 2.39. The molecule has 9 nitrogen and oxygen atoms in total. The van der Waals surface area contributed by atoms with Crippen molar-refractivity contribution in [1.29, 1.82) is 5.41 Å². The lowest BCUT2D eigenvalue weighted by molar-refractivity contribution is 0.0563. The number of hydrogen-bond acceptors (Lipinski definition) is 9. The van der Waals surface area contributed by atoms with E-state index < -0.39 is 31.4 Å². The molecule has 3 rings (SSSR count). The van der Waals surface area contributed by atoms with Gasteiger partial charge in [0.25, 0.3) is 10.0 Å². The van der Waals surface area contributed by atoms with Crippen molar-refractivity contribution < 1.29 is 22.2 Å².